The summed E-state index contributed by atoms with van der Waals surface area (Å²) in [6.07, 6.45) is 19.3. The van der Waals surface area contributed by atoms with Gasteiger partial charge in [0.2, 0.25) is 0 Å². The van der Waals surface area contributed by atoms with Crippen molar-refractivity contribution in [2.45, 2.75) is 59.8 Å². The summed E-state index contributed by atoms with van der Waals surface area (Å²) in [5.74, 6) is 0.214. The SMILES string of the molecule is C=C(C)C/C(=C\C(=C)C(/C=C(C)/C=C/S)C/C=C/C)C(=C)CC(=C)C(=C)C/C=C\CC. The zero-order chi connectivity index (χ0) is 23.8. The smallest absolute Gasteiger partial charge is 0.00524 e. The van der Waals surface area contributed by atoms with Gasteiger partial charge in [-0.1, -0.05) is 93.5 Å². The minimum absolute atomic E-state index is 0.214. The zero-order valence-corrected chi connectivity index (χ0v) is 21.1. The highest BCUT2D eigenvalue weighted by Gasteiger charge is 2.12. The van der Waals surface area contributed by atoms with Crippen LogP contribution in [0.2, 0.25) is 0 Å². The molecule has 0 heterocycles. The van der Waals surface area contributed by atoms with Crippen molar-refractivity contribution in [2.75, 3.05) is 0 Å². The van der Waals surface area contributed by atoms with Crippen LogP contribution in [-0.4, -0.2) is 0 Å². The number of hydrogen-bond donors (Lipinski definition) is 1. The maximum absolute atomic E-state index is 4.40. The predicted octanol–water partition coefficient (Wildman–Crippen LogP) is 9.82. The first-order valence-electron chi connectivity index (χ1n) is 11.0. The first-order valence-corrected chi connectivity index (χ1v) is 11.5. The molecule has 0 aromatic heterocycles. The topological polar surface area (TPSA) is 0 Å². The van der Waals surface area contributed by atoms with Gasteiger partial charge in [-0.2, -0.15) is 12.6 Å². The maximum Gasteiger partial charge on any atom is 0.00524 e. The Morgan fingerprint density at radius 2 is 1.58 bits per heavy atom. The van der Waals surface area contributed by atoms with Crippen molar-refractivity contribution in [1.29, 1.82) is 0 Å². The van der Waals surface area contributed by atoms with Gasteiger partial charge in [-0.05, 0) is 86.1 Å². The fourth-order valence-electron chi connectivity index (χ4n) is 3.07. The minimum Gasteiger partial charge on any atom is -0.151 e. The summed E-state index contributed by atoms with van der Waals surface area (Å²) in [6.45, 7) is 29.6. The van der Waals surface area contributed by atoms with Gasteiger partial charge >= 0.3 is 0 Å². The number of allylic oxidation sites excluding steroid dienone is 14. The standard InChI is InChI=1S/C30H42S/c1-10-12-14-15-25(6)26(7)21-27(8)30(19-23(3)4)22-28(9)29(16-13-11-2)20-24(5)17-18-31/h11-14,17-18,20,22,29,31H,3,6-10,15-16,19,21H2,1-2,4-5H3/b13-11+,14-12-,18-17+,24-20+,30-22+. The molecule has 0 aliphatic heterocycles. The van der Waals surface area contributed by atoms with Crippen LogP contribution in [0.15, 0.2) is 120 Å². The third kappa shape index (κ3) is 12.9. The number of thiol groups is 1. The van der Waals surface area contributed by atoms with E-state index in [1.165, 1.54) is 5.57 Å². The van der Waals surface area contributed by atoms with Crippen molar-refractivity contribution in [3.8, 4) is 0 Å². The van der Waals surface area contributed by atoms with Gasteiger partial charge < -0.3 is 0 Å². The van der Waals surface area contributed by atoms with Crippen molar-refractivity contribution < 1.29 is 0 Å². The van der Waals surface area contributed by atoms with E-state index in [9.17, 15) is 0 Å². The van der Waals surface area contributed by atoms with E-state index >= 15 is 0 Å². The highest BCUT2D eigenvalue weighted by molar-refractivity contribution is 7.83. The lowest BCUT2D eigenvalue weighted by molar-refractivity contribution is 0.789. The Kier molecular flexibility index (Phi) is 15.3. The predicted molar refractivity (Wildman–Crippen MR) is 148 cm³/mol. The molecule has 1 atom stereocenters. The fraction of sp³-hybridized carbons (Fsp3) is 0.333. The van der Waals surface area contributed by atoms with Gasteiger partial charge in [-0.15, -0.1) is 0 Å². The third-order valence-corrected chi connectivity index (χ3v) is 5.05. The summed E-state index contributed by atoms with van der Waals surface area (Å²) < 4.78 is 0. The Bertz CT molecular complexity index is 805. The van der Waals surface area contributed by atoms with Crippen LogP contribution < -0.4 is 0 Å². The average molecular weight is 435 g/mol. The average Bonchev–Trinajstić information content (AvgIpc) is 2.70. The summed E-state index contributed by atoms with van der Waals surface area (Å²) in [7, 11) is 0. The quantitative estimate of drug-likeness (QED) is 0.148. The van der Waals surface area contributed by atoms with E-state index in [1.54, 1.807) is 5.41 Å². The Hall–Kier alpha value is -2.25. The van der Waals surface area contributed by atoms with Crippen LogP contribution in [0.5, 0.6) is 0 Å². The molecule has 1 heteroatoms. The molecule has 0 amide bonds. The highest BCUT2D eigenvalue weighted by atomic mass is 32.1. The van der Waals surface area contributed by atoms with E-state index in [0.717, 1.165) is 59.1 Å². The van der Waals surface area contributed by atoms with E-state index in [2.05, 4.69) is 95.8 Å². The summed E-state index contributed by atoms with van der Waals surface area (Å²) in [6, 6.07) is 0. The molecule has 0 radical (unpaired) electrons. The molecule has 0 saturated heterocycles. The molecular formula is C30H42S. The summed E-state index contributed by atoms with van der Waals surface area (Å²) >= 11 is 4.19. The number of hydrogen-bond acceptors (Lipinski definition) is 1. The molecule has 168 valence electrons. The Balaban J connectivity index is 5.68. The molecule has 0 aromatic rings. The molecule has 0 rings (SSSR count). The summed E-state index contributed by atoms with van der Waals surface area (Å²) in [5, 5.41) is 1.76. The van der Waals surface area contributed by atoms with Crippen molar-refractivity contribution in [2.24, 2.45) is 5.92 Å². The van der Waals surface area contributed by atoms with Gasteiger partial charge in [0.1, 0.15) is 0 Å². The lowest BCUT2D eigenvalue weighted by Gasteiger charge is -2.18. The van der Waals surface area contributed by atoms with Gasteiger partial charge in [0.15, 0.2) is 0 Å². The molecule has 0 N–H and O–H groups in total. The van der Waals surface area contributed by atoms with Crippen LogP contribution in [0, 0.1) is 5.92 Å². The van der Waals surface area contributed by atoms with Gasteiger partial charge in [-0.25, -0.2) is 0 Å². The van der Waals surface area contributed by atoms with Gasteiger partial charge in [0.25, 0.3) is 0 Å². The van der Waals surface area contributed by atoms with Crippen LogP contribution in [-0.2, 0) is 0 Å². The Labute approximate surface area is 198 Å². The molecule has 31 heavy (non-hydrogen) atoms. The van der Waals surface area contributed by atoms with E-state index in [0.29, 0.717) is 6.42 Å². The summed E-state index contributed by atoms with van der Waals surface area (Å²) in [4.78, 5) is 0. The van der Waals surface area contributed by atoms with Gasteiger partial charge in [0, 0.05) is 5.92 Å². The zero-order valence-electron chi connectivity index (χ0n) is 20.2. The first-order chi connectivity index (χ1) is 14.7. The highest BCUT2D eigenvalue weighted by Crippen LogP contribution is 2.29. The normalized spacial score (nSPS) is 13.8. The molecule has 0 saturated carbocycles. The van der Waals surface area contributed by atoms with Gasteiger partial charge in [-0.3, -0.25) is 0 Å². The molecular weight excluding hydrogens is 392 g/mol. The van der Waals surface area contributed by atoms with Crippen LogP contribution in [0.4, 0.5) is 0 Å². The lowest BCUT2D eigenvalue weighted by Crippen LogP contribution is -2.01. The molecule has 1 unspecified atom stereocenters. The van der Waals surface area contributed by atoms with Crippen LogP contribution in [0.3, 0.4) is 0 Å². The van der Waals surface area contributed by atoms with Crippen molar-refractivity contribution in [3.63, 3.8) is 0 Å². The molecule has 0 aliphatic carbocycles. The largest absolute Gasteiger partial charge is 0.151 e. The van der Waals surface area contributed by atoms with Gasteiger partial charge in [0.05, 0.1) is 0 Å². The van der Waals surface area contributed by atoms with Crippen LogP contribution in [0.25, 0.3) is 0 Å². The molecule has 0 aliphatic rings. The fourth-order valence-corrected chi connectivity index (χ4v) is 3.30. The van der Waals surface area contributed by atoms with Crippen LogP contribution in [0.1, 0.15) is 59.8 Å². The molecule has 0 bridgehead atoms. The second kappa shape index (κ2) is 16.4. The maximum atomic E-state index is 4.40. The Morgan fingerprint density at radius 3 is 2.13 bits per heavy atom. The van der Waals surface area contributed by atoms with Crippen molar-refractivity contribution in [3.05, 3.63) is 120 Å². The second-order valence-electron chi connectivity index (χ2n) is 8.09. The number of rotatable bonds is 15. The van der Waals surface area contributed by atoms with E-state index in [4.69, 9.17) is 0 Å². The third-order valence-electron chi connectivity index (χ3n) is 4.90. The van der Waals surface area contributed by atoms with E-state index in [-0.39, 0.29) is 5.92 Å². The molecule has 0 aromatic carbocycles. The van der Waals surface area contributed by atoms with Crippen molar-refractivity contribution >= 4 is 12.6 Å². The first kappa shape index (κ1) is 28.8. The molecule has 0 fully saturated rings. The second-order valence-corrected chi connectivity index (χ2v) is 8.39. The minimum atomic E-state index is 0.214. The van der Waals surface area contributed by atoms with E-state index in [1.807, 2.05) is 19.9 Å². The Morgan fingerprint density at radius 1 is 0.903 bits per heavy atom. The lowest BCUT2D eigenvalue weighted by atomic mass is 9.87. The van der Waals surface area contributed by atoms with Crippen molar-refractivity contribution in [1.82, 2.24) is 0 Å². The molecule has 0 spiro atoms. The monoisotopic (exact) mass is 434 g/mol. The summed E-state index contributed by atoms with van der Waals surface area (Å²) in [5.41, 5.74) is 7.64. The molecule has 0 nitrogen and oxygen atoms in total. The van der Waals surface area contributed by atoms with Crippen LogP contribution >= 0.6 is 12.6 Å². The van der Waals surface area contributed by atoms with E-state index < -0.39 is 0 Å².